The summed E-state index contributed by atoms with van der Waals surface area (Å²) in [5.41, 5.74) is 2.40. The number of hydrogen-bond acceptors (Lipinski definition) is 3. The molecule has 2 rings (SSSR count). The fraction of sp³-hybridized carbons (Fsp3) is 0.421. The van der Waals surface area contributed by atoms with Gasteiger partial charge >= 0.3 is 0 Å². The van der Waals surface area contributed by atoms with E-state index >= 15 is 0 Å². The predicted molar refractivity (Wildman–Crippen MR) is 95.1 cm³/mol. The first-order valence-corrected chi connectivity index (χ1v) is 8.53. The first-order valence-electron chi connectivity index (χ1n) is 8.53. The zero-order chi connectivity index (χ0) is 17.5. The zero-order valence-electron chi connectivity index (χ0n) is 14.6. The Morgan fingerprint density at radius 2 is 1.88 bits per heavy atom. The van der Waals surface area contributed by atoms with E-state index in [2.05, 4.69) is 29.5 Å². The van der Waals surface area contributed by atoms with Gasteiger partial charge in [0.2, 0.25) is 0 Å². The molecule has 1 atom stereocenters. The number of unbranched alkanes of at least 4 members (excludes halogenated alkanes) is 1. The number of aromatic nitrogens is 2. The van der Waals surface area contributed by atoms with E-state index in [0.717, 1.165) is 24.8 Å². The van der Waals surface area contributed by atoms with Gasteiger partial charge in [0, 0.05) is 12.6 Å². The van der Waals surface area contributed by atoms with Gasteiger partial charge < -0.3 is 5.32 Å². The number of hydrogen-bond donors (Lipinski definition) is 1. The van der Waals surface area contributed by atoms with Crippen LogP contribution in [0.15, 0.2) is 41.2 Å². The van der Waals surface area contributed by atoms with E-state index in [0.29, 0.717) is 6.54 Å². The monoisotopic (exact) mass is 327 g/mol. The number of benzene rings is 1. The van der Waals surface area contributed by atoms with E-state index in [1.54, 1.807) is 0 Å². The topological polar surface area (TPSA) is 64.0 Å². The van der Waals surface area contributed by atoms with Crippen LogP contribution >= 0.6 is 0 Å². The fourth-order valence-corrected chi connectivity index (χ4v) is 2.43. The van der Waals surface area contributed by atoms with Crippen LogP contribution in [0.25, 0.3) is 0 Å². The number of rotatable bonds is 7. The van der Waals surface area contributed by atoms with Gasteiger partial charge in [-0.25, -0.2) is 4.68 Å². The van der Waals surface area contributed by atoms with Crippen LogP contribution in [0.4, 0.5) is 0 Å². The largest absolute Gasteiger partial charge is 0.344 e. The highest BCUT2D eigenvalue weighted by Crippen LogP contribution is 2.14. The van der Waals surface area contributed by atoms with Crippen molar-refractivity contribution in [3.8, 4) is 0 Å². The molecule has 0 fully saturated rings. The maximum atomic E-state index is 12.4. The first kappa shape index (κ1) is 17.9. The molecule has 0 bridgehead atoms. The second kappa shape index (κ2) is 8.43. The Kier molecular flexibility index (Phi) is 6.29. The maximum absolute atomic E-state index is 12.4. The SMILES string of the molecule is CCCCn1nc(C(=O)NC(C)c2ccc(CC)cc2)ccc1=O. The van der Waals surface area contributed by atoms with Gasteiger partial charge in [-0.3, -0.25) is 9.59 Å². The van der Waals surface area contributed by atoms with Crippen molar-refractivity contribution in [2.24, 2.45) is 0 Å². The number of carbonyl (C=O) groups excluding carboxylic acids is 1. The van der Waals surface area contributed by atoms with E-state index in [-0.39, 0.29) is 23.2 Å². The predicted octanol–water partition coefficient (Wildman–Crippen LogP) is 3.10. The first-order chi connectivity index (χ1) is 11.5. The third-order valence-corrected chi connectivity index (χ3v) is 4.06. The van der Waals surface area contributed by atoms with E-state index < -0.39 is 0 Å². The minimum Gasteiger partial charge on any atom is -0.344 e. The van der Waals surface area contributed by atoms with Crippen molar-refractivity contribution in [3.05, 3.63) is 63.6 Å². The summed E-state index contributed by atoms with van der Waals surface area (Å²) in [5, 5.41) is 7.11. The highest BCUT2D eigenvalue weighted by atomic mass is 16.2. The molecule has 0 radical (unpaired) electrons. The molecule has 0 aliphatic heterocycles. The van der Waals surface area contributed by atoms with Crippen LogP contribution in [0, 0.1) is 0 Å². The summed E-state index contributed by atoms with van der Waals surface area (Å²) in [6, 6.07) is 11.0. The van der Waals surface area contributed by atoms with Crippen LogP contribution in [0.2, 0.25) is 0 Å². The average Bonchev–Trinajstić information content (AvgIpc) is 2.61. The molecular weight excluding hydrogens is 302 g/mol. The summed E-state index contributed by atoms with van der Waals surface area (Å²) in [6.45, 7) is 6.63. The quantitative estimate of drug-likeness (QED) is 0.850. The fourth-order valence-electron chi connectivity index (χ4n) is 2.43. The van der Waals surface area contributed by atoms with Crippen LogP contribution in [0.3, 0.4) is 0 Å². The highest BCUT2D eigenvalue weighted by Gasteiger charge is 2.14. The van der Waals surface area contributed by atoms with Crippen LogP contribution in [0.1, 0.15) is 61.3 Å². The molecule has 1 amide bonds. The Labute approximate surface area is 142 Å². The Hall–Kier alpha value is -2.43. The van der Waals surface area contributed by atoms with E-state index in [1.807, 2.05) is 26.0 Å². The van der Waals surface area contributed by atoms with Gasteiger partial charge in [-0.1, -0.05) is 44.5 Å². The summed E-state index contributed by atoms with van der Waals surface area (Å²) in [7, 11) is 0. The number of amides is 1. The van der Waals surface area contributed by atoms with Gasteiger partial charge in [-0.2, -0.15) is 5.10 Å². The summed E-state index contributed by atoms with van der Waals surface area (Å²) < 4.78 is 1.36. The zero-order valence-corrected chi connectivity index (χ0v) is 14.6. The summed E-state index contributed by atoms with van der Waals surface area (Å²) in [4.78, 5) is 24.2. The van der Waals surface area contributed by atoms with Gasteiger partial charge in [0.25, 0.3) is 11.5 Å². The number of carbonyl (C=O) groups is 1. The Bertz CT molecular complexity index is 735. The summed E-state index contributed by atoms with van der Waals surface area (Å²) in [5.74, 6) is -0.271. The molecule has 5 nitrogen and oxygen atoms in total. The lowest BCUT2D eigenvalue weighted by Crippen LogP contribution is -2.31. The van der Waals surface area contributed by atoms with Crippen molar-refractivity contribution in [1.29, 1.82) is 0 Å². The average molecular weight is 327 g/mol. The number of nitrogens with zero attached hydrogens (tertiary/aromatic N) is 2. The van der Waals surface area contributed by atoms with E-state index in [9.17, 15) is 9.59 Å². The standard InChI is InChI=1S/C19H25N3O2/c1-4-6-13-22-18(23)12-11-17(21-22)19(24)20-14(3)16-9-7-15(5-2)8-10-16/h7-12,14H,4-6,13H2,1-3H3,(H,20,24). The minimum atomic E-state index is -0.271. The lowest BCUT2D eigenvalue weighted by molar-refractivity contribution is 0.0932. The van der Waals surface area contributed by atoms with Gasteiger partial charge in [0.15, 0.2) is 0 Å². The molecule has 1 N–H and O–H groups in total. The molecule has 1 aromatic heterocycles. The minimum absolute atomic E-state index is 0.124. The van der Waals surface area contributed by atoms with Crippen molar-refractivity contribution in [2.75, 3.05) is 0 Å². The molecular formula is C19H25N3O2. The van der Waals surface area contributed by atoms with Crippen LogP contribution < -0.4 is 10.9 Å². The van der Waals surface area contributed by atoms with Crippen molar-refractivity contribution in [2.45, 2.75) is 52.6 Å². The van der Waals surface area contributed by atoms with Crippen molar-refractivity contribution in [1.82, 2.24) is 15.1 Å². The van der Waals surface area contributed by atoms with Crippen molar-refractivity contribution in [3.63, 3.8) is 0 Å². The third kappa shape index (κ3) is 4.54. The van der Waals surface area contributed by atoms with Gasteiger partial charge in [0.1, 0.15) is 5.69 Å². The normalized spacial score (nSPS) is 12.0. The molecule has 0 saturated carbocycles. The van der Waals surface area contributed by atoms with Gasteiger partial charge in [-0.05, 0) is 37.0 Å². The van der Waals surface area contributed by atoms with Crippen LogP contribution in [-0.4, -0.2) is 15.7 Å². The second-order valence-electron chi connectivity index (χ2n) is 5.92. The molecule has 128 valence electrons. The number of nitrogens with one attached hydrogen (secondary N) is 1. The Morgan fingerprint density at radius 1 is 1.17 bits per heavy atom. The van der Waals surface area contributed by atoms with E-state index in [4.69, 9.17) is 0 Å². The molecule has 0 aliphatic carbocycles. The highest BCUT2D eigenvalue weighted by molar-refractivity contribution is 5.92. The molecule has 24 heavy (non-hydrogen) atoms. The second-order valence-corrected chi connectivity index (χ2v) is 5.92. The molecule has 2 aromatic rings. The molecule has 1 heterocycles. The molecule has 1 unspecified atom stereocenters. The number of aryl methyl sites for hydroxylation is 2. The van der Waals surface area contributed by atoms with Gasteiger partial charge in [0.05, 0.1) is 6.04 Å². The maximum Gasteiger partial charge on any atom is 0.272 e. The third-order valence-electron chi connectivity index (χ3n) is 4.06. The summed E-state index contributed by atoms with van der Waals surface area (Å²) >= 11 is 0. The lowest BCUT2D eigenvalue weighted by atomic mass is 10.0. The van der Waals surface area contributed by atoms with Crippen LogP contribution in [-0.2, 0) is 13.0 Å². The Balaban J connectivity index is 2.09. The molecule has 5 heteroatoms. The molecule has 1 aromatic carbocycles. The Morgan fingerprint density at radius 3 is 2.50 bits per heavy atom. The van der Waals surface area contributed by atoms with E-state index in [1.165, 1.54) is 22.4 Å². The molecule has 0 aliphatic rings. The van der Waals surface area contributed by atoms with Crippen molar-refractivity contribution >= 4 is 5.91 Å². The smallest absolute Gasteiger partial charge is 0.272 e. The molecule has 0 saturated heterocycles. The van der Waals surface area contributed by atoms with Crippen LogP contribution in [0.5, 0.6) is 0 Å². The lowest BCUT2D eigenvalue weighted by Gasteiger charge is -2.15. The molecule has 0 spiro atoms. The summed E-state index contributed by atoms with van der Waals surface area (Å²) in [6.07, 6.45) is 2.82. The van der Waals surface area contributed by atoms with Crippen molar-refractivity contribution < 1.29 is 4.79 Å². The van der Waals surface area contributed by atoms with Gasteiger partial charge in [-0.15, -0.1) is 0 Å².